The zero-order valence-corrected chi connectivity index (χ0v) is 13.2. The van der Waals surface area contributed by atoms with E-state index >= 15 is 0 Å². The van der Waals surface area contributed by atoms with Crippen molar-refractivity contribution >= 4 is 34.5 Å². The van der Waals surface area contributed by atoms with Crippen molar-refractivity contribution in [2.75, 3.05) is 25.1 Å². The highest BCUT2D eigenvalue weighted by atomic mass is 16.2. The van der Waals surface area contributed by atoms with Crippen molar-refractivity contribution in [1.29, 1.82) is 0 Å². The summed E-state index contributed by atoms with van der Waals surface area (Å²) in [7, 11) is 3.22. The van der Waals surface area contributed by atoms with Crippen molar-refractivity contribution in [1.82, 2.24) is 29.7 Å². The molecule has 3 aromatic rings. The molecule has 0 aliphatic rings. The van der Waals surface area contributed by atoms with Crippen LogP contribution in [0, 0.1) is 0 Å². The number of rotatable bonds is 3. The van der Waals surface area contributed by atoms with Gasteiger partial charge in [0, 0.05) is 19.5 Å². The van der Waals surface area contributed by atoms with E-state index in [0.29, 0.717) is 10.9 Å². The van der Waals surface area contributed by atoms with E-state index in [1.807, 2.05) is 6.07 Å². The minimum Gasteiger partial charge on any atom is -0.382 e. The maximum Gasteiger partial charge on any atom is 0.322 e. The second-order valence-corrected chi connectivity index (χ2v) is 5.29. The molecule has 1 aromatic carbocycles. The number of nitrogens with one attached hydrogen (secondary N) is 1. The standard InChI is InChI=1S/C14H16N8O2/c1-20(2)14(24)17-11-7-16-21(18-11)8-12(23)22-10-6-4-3-5-9(10)13(15)19-22/h3-7H,8H2,1-2H3,(H2,15,19)(H,17,18,24). The van der Waals surface area contributed by atoms with Gasteiger partial charge in [-0.2, -0.15) is 14.6 Å². The predicted molar refractivity (Wildman–Crippen MR) is 87.5 cm³/mol. The highest BCUT2D eigenvalue weighted by molar-refractivity contribution is 5.96. The van der Waals surface area contributed by atoms with Crippen LogP contribution in [0.1, 0.15) is 4.79 Å². The molecule has 3 N–H and O–H groups in total. The Bertz CT molecular complexity index is 911. The third-order valence-corrected chi connectivity index (χ3v) is 3.31. The number of para-hydroxylation sites is 1. The second-order valence-electron chi connectivity index (χ2n) is 5.29. The van der Waals surface area contributed by atoms with Gasteiger partial charge in [0.2, 0.25) is 0 Å². The van der Waals surface area contributed by atoms with Crippen LogP contribution in [0.3, 0.4) is 0 Å². The molecule has 10 nitrogen and oxygen atoms in total. The molecule has 0 bridgehead atoms. The Hall–Kier alpha value is -3.43. The first-order valence-corrected chi connectivity index (χ1v) is 7.10. The molecule has 24 heavy (non-hydrogen) atoms. The number of hydrogen-bond donors (Lipinski definition) is 2. The van der Waals surface area contributed by atoms with Crippen LogP contribution >= 0.6 is 0 Å². The number of aromatic nitrogens is 5. The van der Waals surface area contributed by atoms with Crippen LogP contribution in [0.2, 0.25) is 0 Å². The van der Waals surface area contributed by atoms with Crippen LogP contribution in [0.15, 0.2) is 30.5 Å². The van der Waals surface area contributed by atoms with Crippen molar-refractivity contribution in [3.63, 3.8) is 0 Å². The van der Waals surface area contributed by atoms with Gasteiger partial charge in [-0.05, 0) is 12.1 Å². The van der Waals surface area contributed by atoms with Crippen LogP contribution in [-0.2, 0) is 6.54 Å². The van der Waals surface area contributed by atoms with Crippen LogP contribution in [0.4, 0.5) is 16.4 Å². The average molecular weight is 328 g/mol. The summed E-state index contributed by atoms with van der Waals surface area (Å²) >= 11 is 0. The van der Waals surface area contributed by atoms with Crippen molar-refractivity contribution in [3.8, 4) is 0 Å². The second kappa shape index (κ2) is 5.99. The summed E-state index contributed by atoms with van der Waals surface area (Å²) in [4.78, 5) is 26.5. The number of hydrogen-bond acceptors (Lipinski definition) is 6. The monoisotopic (exact) mass is 328 g/mol. The molecular formula is C14H16N8O2. The third kappa shape index (κ3) is 2.89. The van der Waals surface area contributed by atoms with E-state index in [-0.39, 0.29) is 30.1 Å². The third-order valence-electron chi connectivity index (χ3n) is 3.31. The number of nitrogens with zero attached hydrogens (tertiary/aromatic N) is 6. The first-order chi connectivity index (χ1) is 11.5. The van der Waals surface area contributed by atoms with Crippen molar-refractivity contribution in [3.05, 3.63) is 30.5 Å². The molecule has 0 unspecified atom stereocenters. The van der Waals surface area contributed by atoms with Crippen molar-refractivity contribution in [2.45, 2.75) is 6.54 Å². The highest BCUT2D eigenvalue weighted by Crippen LogP contribution is 2.19. The van der Waals surface area contributed by atoms with Gasteiger partial charge >= 0.3 is 6.03 Å². The van der Waals surface area contributed by atoms with E-state index in [9.17, 15) is 9.59 Å². The van der Waals surface area contributed by atoms with Gasteiger partial charge in [0.25, 0.3) is 5.91 Å². The maximum absolute atomic E-state index is 12.4. The molecule has 2 amide bonds. The van der Waals surface area contributed by atoms with Gasteiger partial charge in [-0.3, -0.25) is 10.1 Å². The number of fused-ring (bicyclic) bond motifs is 1. The number of nitrogen functional groups attached to an aromatic ring is 1. The Balaban J connectivity index is 1.77. The molecule has 124 valence electrons. The van der Waals surface area contributed by atoms with E-state index in [4.69, 9.17) is 5.73 Å². The van der Waals surface area contributed by atoms with E-state index < -0.39 is 0 Å². The van der Waals surface area contributed by atoms with Gasteiger partial charge in [0.05, 0.1) is 11.7 Å². The highest BCUT2D eigenvalue weighted by Gasteiger charge is 2.15. The first-order valence-electron chi connectivity index (χ1n) is 7.10. The SMILES string of the molecule is CN(C)C(=O)Nc1cnn(CC(=O)n2nc(N)c3ccccc32)n1. The van der Waals surface area contributed by atoms with E-state index in [1.165, 1.54) is 20.6 Å². The number of urea groups is 1. The molecule has 2 heterocycles. The predicted octanol–water partition coefficient (Wildman–Crippen LogP) is 0.644. The van der Waals surface area contributed by atoms with Crippen molar-refractivity contribution < 1.29 is 9.59 Å². The van der Waals surface area contributed by atoms with Crippen LogP contribution < -0.4 is 11.1 Å². The molecule has 0 aliphatic heterocycles. The molecule has 0 atom stereocenters. The summed E-state index contributed by atoms with van der Waals surface area (Å²) in [6.07, 6.45) is 1.37. The van der Waals surface area contributed by atoms with Gasteiger partial charge in [-0.25, -0.2) is 4.79 Å². The van der Waals surface area contributed by atoms with E-state index in [2.05, 4.69) is 20.6 Å². The lowest BCUT2D eigenvalue weighted by atomic mass is 10.2. The summed E-state index contributed by atoms with van der Waals surface area (Å²) in [6, 6.07) is 6.84. The summed E-state index contributed by atoms with van der Waals surface area (Å²) in [6.45, 7) is -0.136. The van der Waals surface area contributed by atoms with Gasteiger partial charge in [-0.1, -0.05) is 12.1 Å². The topological polar surface area (TPSA) is 124 Å². The summed E-state index contributed by atoms with van der Waals surface area (Å²) < 4.78 is 1.23. The molecule has 10 heteroatoms. The van der Waals surface area contributed by atoms with E-state index in [0.717, 1.165) is 0 Å². The Morgan fingerprint density at radius 3 is 2.75 bits per heavy atom. The number of carbonyl (C=O) groups excluding carboxylic acids is 2. The smallest absolute Gasteiger partial charge is 0.322 e. The summed E-state index contributed by atoms with van der Waals surface area (Å²) in [5.74, 6) is 0.196. The Kier molecular flexibility index (Phi) is 3.86. The quantitative estimate of drug-likeness (QED) is 0.727. The first kappa shape index (κ1) is 15.5. The molecular weight excluding hydrogens is 312 g/mol. The zero-order chi connectivity index (χ0) is 17.3. The van der Waals surface area contributed by atoms with Gasteiger partial charge in [0.1, 0.15) is 6.54 Å². The Morgan fingerprint density at radius 2 is 2.00 bits per heavy atom. The van der Waals surface area contributed by atoms with Gasteiger partial charge < -0.3 is 10.6 Å². The van der Waals surface area contributed by atoms with Crippen molar-refractivity contribution in [2.24, 2.45) is 0 Å². The molecule has 0 fully saturated rings. The van der Waals surface area contributed by atoms with Gasteiger partial charge in [0.15, 0.2) is 11.6 Å². The van der Waals surface area contributed by atoms with Crippen LogP contribution in [0.5, 0.6) is 0 Å². The lowest BCUT2D eigenvalue weighted by molar-refractivity contribution is 0.0870. The van der Waals surface area contributed by atoms with Crippen LogP contribution in [0.25, 0.3) is 10.9 Å². The lowest BCUT2D eigenvalue weighted by Crippen LogP contribution is -2.27. The number of anilines is 2. The number of carbonyl (C=O) groups is 2. The molecule has 2 aromatic heterocycles. The van der Waals surface area contributed by atoms with Gasteiger partial charge in [-0.15, -0.1) is 10.2 Å². The van der Waals surface area contributed by atoms with E-state index in [1.54, 1.807) is 32.3 Å². The molecule has 0 spiro atoms. The maximum atomic E-state index is 12.4. The fourth-order valence-corrected chi connectivity index (χ4v) is 2.12. The number of amides is 2. The molecule has 0 saturated carbocycles. The summed E-state index contributed by atoms with van der Waals surface area (Å²) in [5.41, 5.74) is 6.44. The number of nitrogens with two attached hydrogens (primary N) is 1. The minimum atomic E-state index is -0.344. The normalized spacial score (nSPS) is 10.8. The molecule has 3 rings (SSSR count). The number of benzene rings is 1. The average Bonchev–Trinajstić information content (AvgIpc) is 3.12. The zero-order valence-electron chi connectivity index (χ0n) is 13.2. The Morgan fingerprint density at radius 1 is 1.25 bits per heavy atom. The minimum absolute atomic E-state index is 0.136. The molecule has 0 saturated heterocycles. The fraction of sp³-hybridized carbons (Fsp3) is 0.214. The lowest BCUT2D eigenvalue weighted by Gasteiger charge is -2.09. The Labute approximate surface area is 136 Å². The fourth-order valence-electron chi connectivity index (χ4n) is 2.12. The molecule has 0 aliphatic carbocycles. The van der Waals surface area contributed by atoms with Crippen LogP contribution in [-0.4, -0.2) is 55.7 Å². The molecule has 0 radical (unpaired) electrons. The largest absolute Gasteiger partial charge is 0.382 e. The summed E-state index contributed by atoms with van der Waals surface area (Å²) in [5, 5.41) is 15.3.